The summed E-state index contributed by atoms with van der Waals surface area (Å²) < 4.78 is 29.8. The lowest BCUT2D eigenvalue weighted by Gasteiger charge is -2.30. The smallest absolute Gasteiger partial charge is 0.265 e. The molecular weight excluding hydrogens is 480 g/mol. The molecule has 0 aromatic heterocycles. The highest BCUT2D eigenvalue weighted by Crippen LogP contribution is 2.39. The zero-order valence-corrected chi connectivity index (χ0v) is 21.6. The highest BCUT2D eigenvalue weighted by atomic mass is 32.2. The average Bonchev–Trinajstić information content (AvgIpc) is 3.30. The number of hydrogen-bond donors (Lipinski definition) is 0. The fourth-order valence-corrected chi connectivity index (χ4v) is 6.28. The molecule has 2 atom stereocenters. The van der Waals surface area contributed by atoms with Gasteiger partial charge in [-0.05, 0) is 37.1 Å². The number of amidine groups is 1. The predicted molar refractivity (Wildman–Crippen MR) is 146 cm³/mol. The van der Waals surface area contributed by atoms with Crippen LogP contribution in [0, 0.1) is 13.8 Å². The Labute approximate surface area is 218 Å². The molecule has 0 spiro atoms. The summed E-state index contributed by atoms with van der Waals surface area (Å²) in [6, 6.07) is 31.3. The molecule has 0 amide bonds. The minimum absolute atomic E-state index is 0.170. The summed E-state index contributed by atoms with van der Waals surface area (Å²) in [5.74, 6) is 0.143. The molecule has 186 valence electrons. The number of hydrogen-bond acceptors (Lipinski definition) is 4. The van der Waals surface area contributed by atoms with Crippen LogP contribution in [0.5, 0.6) is 0 Å². The monoisotopic (exact) mass is 508 g/mol. The van der Waals surface area contributed by atoms with Gasteiger partial charge in [0.2, 0.25) is 0 Å². The summed E-state index contributed by atoms with van der Waals surface area (Å²) >= 11 is 0. The van der Waals surface area contributed by atoms with E-state index in [0.717, 1.165) is 22.3 Å². The van der Waals surface area contributed by atoms with E-state index in [2.05, 4.69) is 0 Å². The van der Waals surface area contributed by atoms with Crippen LogP contribution in [-0.2, 0) is 16.4 Å². The third-order valence-corrected chi connectivity index (χ3v) is 8.45. The number of carbonyl (C=O) groups is 1. The highest BCUT2D eigenvalue weighted by molar-refractivity contribution is 7.89. The number of benzene rings is 4. The standard InChI is InChI=1S/C31H28N2O3S/c1-22-13-17-25(18-14-22)30-29(31(34)26-11-7-4-8-12-26)32-28(21-24-9-5-3-6-10-24)33(30)37(35,36)27-19-15-23(2)16-20-27/h3-20,29-30H,21H2,1-2H3/t29-,30+/m0/s1. The molecule has 37 heavy (non-hydrogen) atoms. The van der Waals surface area contributed by atoms with Gasteiger partial charge in [0, 0.05) is 12.0 Å². The van der Waals surface area contributed by atoms with E-state index in [-0.39, 0.29) is 17.1 Å². The van der Waals surface area contributed by atoms with Crippen LogP contribution in [-0.4, -0.2) is 30.4 Å². The van der Waals surface area contributed by atoms with E-state index in [1.807, 2.05) is 74.5 Å². The van der Waals surface area contributed by atoms with Crippen LogP contribution >= 0.6 is 0 Å². The number of aryl methyl sites for hydroxylation is 2. The van der Waals surface area contributed by atoms with Crippen molar-refractivity contribution in [2.75, 3.05) is 0 Å². The number of rotatable bonds is 7. The Balaban J connectivity index is 1.69. The van der Waals surface area contributed by atoms with E-state index < -0.39 is 22.1 Å². The van der Waals surface area contributed by atoms with Gasteiger partial charge in [-0.25, -0.2) is 12.7 Å². The molecule has 0 unspecified atom stereocenters. The van der Waals surface area contributed by atoms with Crippen LogP contribution in [0.15, 0.2) is 119 Å². The zero-order valence-electron chi connectivity index (χ0n) is 20.8. The molecular formula is C31H28N2O3S. The van der Waals surface area contributed by atoms with Gasteiger partial charge in [0.25, 0.3) is 10.0 Å². The van der Waals surface area contributed by atoms with Gasteiger partial charge < -0.3 is 0 Å². The third-order valence-electron chi connectivity index (χ3n) is 6.62. The Hall–Kier alpha value is -4.03. The molecule has 4 aromatic carbocycles. The van der Waals surface area contributed by atoms with Crippen LogP contribution < -0.4 is 0 Å². The topological polar surface area (TPSA) is 66.8 Å². The average molecular weight is 509 g/mol. The molecule has 1 heterocycles. The van der Waals surface area contributed by atoms with Gasteiger partial charge in [-0.2, -0.15) is 0 Å². The largest absolute Gasteiger partial charge is 0.292 e. The number of carbonyl (C=O) groups excluding carboxylic acids is 1. The van der Waals surface area contributed by atoms with Crippen molar-refractivity contribution in [3.05, 3.63) is 137 Å². The molecule has 0 fully saturated rings. The van der Waals surface area contributed by atoms with Crippen molar-refractivity contribution in [1.82, 2.24) is 4.31 Å². The van der Waals surface area contributed by atoms with Gasteiger partial charge in [-0.1, -0.05) is 108 Å². The van der Waals surface area contributed by atoms with Crippen molar-refractivity contribution in [3.63, 3.8) is 0 Å². The second kappa shape index (κ2) is 10.1. The predicted octanol–water partition coefficient (Wildman–Crippen LogP) is 5.94. The summed E-state index contributed by atoms with van der Waals surface area (Å²) in [5.41, 5.74) is 4.15. The fourth-order valence-electron chi connectivity index (χ4n) is 4.65. The van der Waals surface area contributed by atoms with Crippen LogP contribution in [0.25, 0.3) is 0 Å². The first-order chi connectivity index (χ1) is 17.8. The molecule has 0 bridgehead atoms. The lowest BCUT2D eigenvalue weighted by atomic mass is 9.93. The Kier molecular flexibility index (Phi) is 6.76. The van der Waals surface area contributed by atoms with Gasteiger partial charge in [0.15, 0.2) is 5.78 Å². The first-order valence-corrected chi connectivity index (χ1v) is 13.7. The maximum absolute atomic E-state index is 14.2. The van der Waals surface area contributed by atoms with Crippen molar-refractivity contribution in [2.24, 2.45) is 4.99 Å². The quantitative estimate of drug-likeness (QED) is 0.290. The van der Waals surface area contributed by atoms with Gasteiger partial charge in [-0.3, -0.25) is 9.79 Å². The molecule has 4 aromatic rings. The molecule has 0 radical (unpaired) electrons. The first kappa shape index (κ1) is 24.7. The second-order valence-electron chi connectivity index (χ2n) is 9.35. The molecule has 1 aliphatic rings. The molecule has 5 rings (SSSR count). The number of Topliss-reactive ketones (excluding diaryl/α,β-unsaturated/α-hetero) is 1. The number of aliphatic imine (C=N–C) groups is 1. The number of nitrogens with zero attached hydrogens (tertiary/aromatic N) is 2. The van der Waals surface area contributed by atoms with E-state index in [1.165, 1.54) is 4.31 Å². The molecule has 1 aliphatic heterocycles. The minimum Gasteiger partial charge on any atom is -0.292 e. The Bertz CT molecular complexity index is 1530. The second-order valence-corrected chi connectivity index (χ2v) is 11.2. The van der Waals surface area contributed by atoms with Gasteiger partial charge in [0.05, 0.1) is 4.90 Å². The van der Waals surface area contributed by atoms with Crippen molar-refractivity contribution < 1.29 is 13.2 Å². The van der Waals surface area contributed by atoms with Crippen LogP contribution in [0.1, 0.15) is 38.7 Å². The maximum Gasteiger partial charge on any atom is 0.265 e. The van der Waals surface area contributed by atoms with Crippen LogP contribution in [0.4, 0.5) is 0 Å². The van der Waals surface area contributed by atoms with E-state index in [1.54, 1.807) is 48.5 Å². The first-order valence-electron chi connectivity index (χ1n) is 12.2. The summed E-state index contributed by atoms with van der Waals surface area (Å²) in [6.45, 7) is 3.89. The normalized spacial score (nSPS) is 17.5. The van der Waals surface area contributed by atoms with Gasteiger partial charge in [0.1, 0.15) is 17.9 Å². The SMILES string of the molecule is Cc1ccc([C@@H]2[C@@H](C(=O)c3ccccc3)N=C(Cc3ccccc3)N2S(=O)(=O)c2ccc(C)cc2)cc1. The molecule has 0 N–H and O–H groups in total. The van der Waals surface area contributed by atoms with E-state index in [4.69, 9.17) is 4.99 Å². The Morgan fingerprint density at radius 3 is 1.89 bits per heavy atom. The fraction of sp³-hybridized carbons (Fsp3) is 0.161. The van der Waals surface area contributed by atoms with Crippen molar-refractivity contribution in [2.45, 2.75) is 37.2 Å². The maximum atomic E-state index is 14.2. The van der Waals surface area contributed by atoms with Crippen LogP contribution in [0.3, 0.4) is 0 Å². The van der Waals surface area contributed by atoms with E-state index >= 15 is 0 Å². The van der Waals surface area contributed by atoms with Gasteiger partial charge >= 0.3 is 0 Å². The number of sulfonamides is 1. The van der Waals surface area contributed by atoms with E-state index in [9.17, 15) is 13.2 Å². The Morgan fingerprint density at radius 2 is 1.30 bits per heavy atom. The van der Waals surface area contributed by atoms with Gasteiger partial charge in [-0.15, -0.1) is 0 Å². The van der Waals surface area contributed by atoms with Crippen molar-refractivity contribution in [1.29, 1.82) is 0 Å². The summed E-state index contributed by atoms with van der Waals surface area (Å²) in [4.78, 5) is 18.8. The van der Waals surface area contributed by atoms with E-state index in [0.29, 0.717) is 11.4 Å². The minimum atomic E-state index is -4.03. The molecule has 0 aliphatic carbocycles. The summed E-state index contributed by atoms with van der Waals surface area (Å²) in [5, 5.41) is 0. The Morgan fingerprint density at radius 1 is 0.757 bits per heavy atom. The molecule has 0 saturated heterocycles. The lowest BCUT2D eigenvalue weighted by molar-refractivity contribution is 0.0944. The third kappa shape index (κ3) is 4.98. The highest BCUT2D eigenvalue weighted by Gasteiger charge is 2.47. The summed E-state index contributed by atoms with van der Waals surface area (Å²) in [7, 11) is -4.03. The summed E-state index contributed by atoms with van der Waals surface area (Å²) in [6.07, 6.45) is 0.285. The number of ketones is 1. The zero-order chi connectivity index (χ0) is 26.0. The lowest BCUT2D eigenvalue weighted by Crippen LogP contribution is -2.40. The van der Waals surface area contributed by atoms with Crippen molar-refractivity contribution in [3.8, 4) is 0 Å². The van der Waals surface area contributed by atoms with Crippen LogP contribution in [0.2, 0.25) is 0 Å². The molecule has 0 saturated carbocycles. The molecule has 6 heteroatoms. The van der Waals surface area contributed by atoms with Crippen molar-refractivity contribution >= 4 is 21.6 Å². The molecule has 5 nitrogen and oxygen atoms in total.